The third-order valence-electron chi connectivity index (χ3n) is 3.87. The van der Waals surface area contributed by atoms with Crippen molar-refractivity contribution < 1.29 is 24.1 Å². The van der Waals surface area contributed by atoms with Crippen molar-refractivity contribution in [2.75, 3.05) is 21.3 Å². The summed E-state index contributed by atoms with van der Waals surface area (Å²) < 4.78 is 16.2. The van der Waals surface area contributed by atoms with Crippen molar-refractivity contribution in [1.29, 1.82) is 0 Å². The van der Waals surface area contributed by atoms with Gasteiger partial charge in [-0.1, -0.05) is 6.07 Å². The Morgan fingerprint density at radius 3 is 2.33 bits per heavy atom. The zero-order valence-electron chi connectivity index (χ0n) is 13.5. The molecule has 0 aliphatic heterocycles. The van der Waals surface area contributed by atoms with Crippen LogP contribution in [-0.4, -0.2) is 37.4 Å². The third kappa shape index (κ3) is 2.52. The van der Waals surface area contributed by atoms with Gasteiger partial charge in [0.1, 0.15) is 5.69 Å². The maximum absolute atomic E-state index is 11.1. The number of aromatic amines is 1. The van der Waals surface area contributed by atoms with Gasteiger partial charge >= 0.3 is 5.97 Å². The molecule has 1 heterocycles. The van der Waals surface area contributed by atoms with E-state index >= 15 is 0 Å². The Morgan fingerprint density at radius 1 is 0.958 bits per heavy atom. The lowest BCUT2D eigenvalue weighted by atomic mass is 10.0. The SMILES string of the molecule is COc1ccc(-c2ccc3[nH]c(C(=O)O)cc3c2)c(OC)c1OC. The first-order chi connectivity index (χ1) is 11.6. The lowest BCUT2D eigenvalue weighted by Gasteiger charge is -2.16. The molecular formula is C18H17NO5. The van der Waals surface area contributed by atoms with Crippen LogP contribution >= 0.6 is 0 Å². The summed E-state index contributed by atoms with van der Waals surface area (Å²) in [5, 5.41) is 9.91. The van der Waals surface area contributed by atoms with Gasteiger partial charge < -0.3 is 24.3 Å². The van der Waals surface area contributed by atoms with Crippen LogP contribution in [0.3, 0.4) is 0 Å². The minimum absolute atomic E-state index is 0.154. The largest absolute Gasteiger partial charge is 0.493 e. The quantitative estimate of drug-likeness (QED) is 0.749. The van der Waals surface area contributed by atoms with Crippen molar-refractivity contribution in [3.05, 3.63) is 42.1 Å². The van der Waals surface area contributed by atoms with Gasteiger partial charge in [-0.2, -0.15) is 0 Å². The van der Waals surface area contributed by atoms with E-state index in [-0.39, 0.29) is 5.69 Å². The molecule has 0 aliphatic rings. The van der Waals surface area contributed by atoms with E-state index in [9.17, 15) is 4.79 Å². The van der Waals surface area contributed by atoms with E-state index < -0.39 is 5.97 Å². The summed E-state index contributed by atoms with van der Waals surface area (Å²) in [5.41, 5.74) is 2.63. The van der Waals surface area contributed by atoms with E-state index in [2.05, 4.69) is 4.98 Å². The number of H-pyrrole nitrogens is 1. The summed E-state index contributed by atoms with van der Waals surface area (Å²) in [6.07, 6.45) is 0. The second-order valence-electron chi connectivity index (χ2n) is 5.17. The van der Waals surface area contributed by atoms with Crippen molar-refractivity contribution in [2.24, 2.45) is 0 Å². The van der Waals surface area contributed by atoms with Crippen LogP contribution < -0.4 is 14.2 Å². The molecule has 1 aromatic heterocycles. The van der Waals surface area contributed by atoms with E-state index in [1.807, 2.05) is 24.3 Å². The number of methoxy groups -OCH3 is 3. The van der Waals surface area contributed by atoms with Crippen LogP contribution in [-0.2, 0) is 0 Å². The van der Waals surface area contributed by atoms with Gasteiger partial charge in [-0.05, 0) is 35.9 Å². The number of aromatic carboxylic acids is 1. The Morgan fingerprint density at radius 2 is 1.71 bits per heavy atom. The van der Waals surface area contributed by atoms with Crippen molar-refractivity contribution >= 4 is 16.9 Å². The number of carboxylic acid groups (broad SMARTS) is 1. The van der Waals surface area contributed by atoms with Gasteiger partial charge in [-0.3, -0.25) is 0 Å². The molecule has 0 unspecified atom stereocenters. The molecule has 2 aromatic carbocycles. The molecular weight excluding hydrogens is 310 g/mol. The number of fused-ring (bicyclic) bond motifs is 1. The van der Waals surface area contributed by atoms with Crippen LogP contribution in [0.1, 0.15) is 10.5 Å². The molecule has 2 N–H and O–H groups in total. The van der Waals surface area contributed by atoms with Gasteiger partial charge in [0.15, 0.2) is 11.5 Å². The number of carboxylic acids is 1. The van der Waals surface area contributed by atoms with Crippen LogP contribution in [0, 0.1) is 0 Å². The Hall–Kier alpha value is -3.15. The number of rotatable bonds is 5. The van der Waals surface area contributed by atoms with Gasteiger partial charge in [0.25, 0.3) is 0 Å². The summed E-state index contributed by atoms with van der Waals surface area (Å²) in [6, 6.07) is 10.9. The lowest BCUT2D eigenvalue weighted by Crippen LogP contribution is -1.96. The highest BCUT2D eigenvalue weighted by Crippen LogP contribution is 2.44. The molecule has 0 radical (unpaired) electrons. The van der Waals surface area contributed by atoms with Gasteiger partial charge in [-0.15, -0.1) is 0 Å². The van der Waals surface area contributed by atoms with E-state index in [1.165, 1.54) is 0 Å². The topological polar surface area (TPSA) is 80.8 Å². The van der Waals surface area contributed by atoms with Gasteiger partial charge in [0, 0.05) is 16.5 Å². The first-order valence-corrected chi connectivity index (χ1v) is 7.24. The fraction of sp³-hybridized carbons (Fsp3) is 0.167. The molecule has 0 aliphatic carbocycles. The maximum atomic E-state index is 11.1. The molecule has 6 nitrogen and oxygen atoms in total. The van der Waals surface area contributed by atoms with Crippen molar-refractivity contribution in [2.45, 2.75) is 0 Å². The zero-order valence-corrected chi connectivity index (χ0v) is 13.5. The van der Waals surface area contributed by atoms with Crippen molar-refractivity contribution in [3.8, 4) is 28.4 Å². The molecule has 3 aromatic rings. The first-order valence-electron chi connectivity index (χ1n) is 7.24. The van der Waals surface area contributed by atoms with E-state index in [4.69, 9.17) is 19.3 Å². The Kier molecular flexibility index (Phi) is 4.04. The molecule has 124 valence electrons. The van der Waals surface area contributed by atoms with Gasteiger partial charge in [-0.25, -0.2) is 4.79 Å². The number of carbonyl (C=O) groups is 1. The lowest BCUT2D eigenvalue weighted by molar-refractivity contribution is 0.0691. The Bertz CT molecular complexity index is 913. The minimum atomic E-state index is -0.989. The van der Waals surface area contributed by atoms with E-state index in [0.29, 0.717) is 17.2 Å². The van der Waals surface area contributed by atoms with Gasteiger partial charge in [0.05, 0.1) is 21.3 Å². The average molecular weight is 327 g/mol. The molecule has 24 heavy (non-hydrogen) atoms. The van der Waals surface area contributed by atoms with Crippen LogP contribution in [0.4, 0.5) is 0 Å². The van der Waals surface area contributed by atoms with E-state index in [1.54, 1.807) is 33.5 Å². The number of hydrogen-bond acceptors (Lipinski definition) is 4. The van der Waals surface area contributed by atoms with Crippen molar-refractivity contribution in [3.63, 3.8) is 0 Å². The Balaban J connectivity index is 2.17. The molecule has 0 saturated heterocycles. The summed E-state index contributed by atoms with van der Waals surface area (Å²) >= 11 is 0. The van der Waals surface area contributed by atoms with Crippen LogP contribution in [0.2, 0.25) is 0 Å². The monoisotopic (exact) mass is 327 g/mol. The molecule has 0 amide bonds. The van der Waals surface area contributed by atoms with E-state index in [0.717, 1.165) is 22.0 Å². The predicted molar refractivity (Wildman–Crippen MR) is 90.4 cm³/mol. The first kappa shape index (κ1) is 15.7. The number of nitrogens with one attached hydrogen (secondary N) is 1. The van der Waals surface area contributed by atoms with Crippen LogP contribution in [0.5, 0.6) is 17.2 Å². The van der Waals surface area contributed by atoms with Crippen LogP contribution in [0.25, 0.3) is 22.0 Å². The maximum Gasteiger partial charge on any atom is 0.352 e. The number of benzene rings is 2. The molecule has 0 atom stereocenters. The molecule has 0 saturated carbocycles. The highest BCUT2D eigenvalue weighted by Gasteiger charge is 2.17. The third-order valence-corrected chi connectivity index (χ3v) is 3.87. The number of aromatic nitrogens is 1. The molecule has 0 bridgehead atoms. The molecule has 0 fully saturated rings. The standard InChI is InChI=1S/C18H17NO5/c1-22-15-7-5-12(16(23-2)17(15)24-3)10-4-6-13-11(8-10)9-14(19-13)18(20)21/h4-9,19H,1-3H3,(H,20,21). The van der Waals surface area contributed by atoms with Gasteiger partial charge in [0.2, 0.25) is 5.75 Å². The normalized spacial score (nSPS) is 10.6. The summed E-state index contributed by atoms with van der Waals surface area (Å²) in [6.45, 7) is 0. The Labute approximate surface area is 138 Å². The zero-order chi connectivity index (χ0) is 17.3. The summed E-state index contributed by atoms with van der Waals surface area (Å²) in [4.78, 5) is 14.0. The number of hydrogen-bond donors (Lipinski definition) is 2. The fourth-order valence-electron chi connectivity index (χ4n) is 2.74. The van der Waals surface area contributed by atoms with Crippen molar-refractivity contribution in [1.82, 2.24) is 4.98 Å². The molecule has 6 heteroatoms. The second kappa shape index (κ2) is 6.16. The molecule has 3 rings (SSSR count). The average Bonchev–Trinajstić information content (AvgIpc) is 3.03. The summed E-state index contributed by atoms with van der Waals surface area (Å²) in [5.74, 6) is 0.661. The second-order valence-corrected chi connectivity index (χ2v) is 5.17. The highest BCUT2D eigenvalue weighted by atomic mass is 16.5. The smallest absolute Gasteiger partial charge is 0.352 e. The van der Waals surface area contributed by atoms with Crippen LogP contribution in [0.15, 0.2) is 36.4 Å². The molecule has 0 spiro atoms. The minimum Gasteiger partial charge on any atom is -0.493 e. The summed E-state index contributed by atoms with van der Waals surface area (Å²) in [7, 11) is 4.69. The fourth-order valence-corrected chi connectivity index (χ4v) is 2.74. The predicted octanol–water partition coefficient (Wildman–Crippen LogP) is 3.56. The number of ether oxygens (including phenoxy) is 3. The highest BCUT2D eigenvalue weighted by molar-refractivity contribution is 5.95.